The fraction of sp³-hybridized carbons (Fsp3) is 0.478. The van der Waals surface area contributed by atoms with E-state index in [2.05, 4.69) is 16.4 Å². The van der Waals surface area contributed by atoms with Gasteiger partial charge in [-0.15, -0.1) is 13.2 Å². The van der Waals surface area contributed by atoms with E-state index in [0.29, 0.717) is 11.5 Å². The van der Waals surface area contributed by atoms with Crippen LogP contribution in [0.4, 0.5) is 35.1 Å². The Hall–Kier alpha value is -2.52. The maximum atomic E-state index is 14.6. The highest BCUT2D eigenvalue weighted by Crippen LogP contribution is 2.40. The molecule has 0 bridgehead atoms. The largest absolute Gasteiger partial charge is 0.573 e. The molecule has 0 spiro atoms. The Morgan fingerprint density at radius 1 is 0.818 bits per heavy atom. The molecular formula is C23H22F8O2. The van der Waals surface area contributed by atoms with Crippen LogP contribution < -0.4 is 9.47 Å². The summed E-state index contributed by atoms with van der Waals surface area (Å²) in [6, 6.07) is 3.40. The van der Waals surface area contributed by atoms with E-state index in [1.807, 2.05) is 0 Å². The Kier molecular flexibility index (Phi) is 7.43. The second-order valence-electron chi connectivity index (χ2n) is 8.13. The first-order valence-electron chi connectivity index (χ1n) is 10.5. The monoisotopic (exact) mass is 482 g/mol. The first-order chi connectivity index (χ1) is 15.4. The summed E-state index contributed by atoms with van der Waals surface area (Å²) >= 11 is 0. The summed E-state index contributed by atoms with van der Waals surface area (Å²) in [6.07, 6.45) is -3.93. The second-order valence-corrected chi connectivity index (χ2v) is 8.13. The molecule has 10 heteroatoms. The van der Waals surface area contributed by atoms with Gasteiger partial charge in [-0.1, -0.05) is 25.8 Å². The highest BCUT2D eigenvalue weighted by molar-refractivity contribution is 5.36. The number of ether oxygens (including phenoxy) is 2. The van der Waals surface area contributed by atoms with E-state index in [9.17, 15) is 35.1 Å². The maximum Gasteiger partial charge on any atom is 0.573 e. The van der Waals surface area contributed by atoms with Crippen LogP contribution in [0.3, 0.4) is 0 Å². The molecule has 2 aromatic rings. The van der Waals surface area contributed by atoms with E-state index in [0.717, 1.165) is 50.7 Å². The smallest absolute Gasteiger partial charge is 0.429 e. The molecule has 0 amide bonds. The fourth-order valence-electron chi connectivity index (χ4n) is 4.23. The molecule has 0 aliphatic heterocycles. The van der Waals surface area contributed by atoms with Crippen molar-refractivity contribution in [1.82, 2.24) is 0 Å². The third-order valence-corrected chi connectivity index (χ3v) is 5.76. The topological polar surface area (TPSA) is 18.5 Å². The van der Waals surface area contributed by atoms with Gasteiger partial charge in [0.1, 0.15) is 11.6 Å². The second kappa shape index (κ2) is 9.77. The standard InChI is InChI=1S/C23H22F8O2/c1-2-3-13-4-6-14(7-5-13)15-8-9-17(18(24)10-15)22(27,28)32-16-11-19(25)21(20(26)12-16)33-23(29,30)31/h8-14H,2-7H2,1H3. The van der Waals surface area contributed by atoms with E-state index in [4.69, 9.17) is 0 Å². The molecule has 0 saturated heterocycles. The number of benzene rings is 2. The van der Waals surface area contributed by atoms with E-state index in [-0.39, 0.29) is 18.1 Å². The fourth-order valence-corrected chi connectivity index (χ4v) is 4.23. The number of halogens is 8. The predicted octanol–water partition coefficient (Wildman–Crippen LogP) is 8.20. The minimum atomic E-state index is -5.39. The van der Waals surface area contributed by atoms with E-state index in [1.54, 1.807) is 0 Å². The Labute approximate surface area is 185 Å². The summed E-state index contributed by atoms with van der Waals surface area (Å²) in [5, 5.41) is 0. The molecule has 0 unspecified atom stereocenters. The van der Waals surface area contributed by atoms with E-state index >= 15 is 0 Å². The third kappa shape index (κ3) is 6.29. The van der Waals surface area contributed by atoms with Gasteiger partial charge in [0.2, 0.25) is 5.75 Å². The van der Waals surface area contributed by atoms with Crippen LogP contribution in [-0.2, 0) is 6.11 Å². The lowest BCUT2D eigenvalue weighted by molar-refractivity contribution is -0.276. The minimum absolute atomic E-state index is 0.0422. The molecule has 0 atom stereocenters. The average Bonchev–Trinajstić information content (AvgIpc) is 2.70. The molecule has 0 aromatic heterocycles. The summed E-state index contributed by atoms with van der Waals surface area (Å²) in [7, 11) is 0. The molecule has 182 valence electrons. The van der Waals surface area contributed by atoms with Crippen LogP contribution in [0.15, 0.2) is 30.3 Å². The van der Waals surface area contributed by atoms with Crippen molar-refractivity contribution in [1.29, 1.82) is 0 Å². The third-order valence-electron chi connectivity index (χ3n) is 5.76. The number of alkyl halides is 5. The molecule has 1 aliphatic carbocycles. The Balaban J connectivity index is 1.75. The first kappa shape index (κ1) is 25.1. The predicted molar refractivity (Wildman–Crippen MR) is 104 cm³/mol. The van der Waals surface area contributed by atoms with Gasteiger partial charge in [0.15, 0.2) is 11.6 Å². The summed E-state index contributed by atoms with van der Waals surface area (Å²) < 4.78 is 115. The van der Waals surface area contributed by atoms with Crippen LogP contribution in [0.2, 0.25) is 0 Å². The van der Waals surface area contributed by atoms with Crippen molar-refractivity contribution in [2.45, 2.75) is 63.8 Å². The normalized spacial score (nSPS) is 19.4. The Morgan fingerprint density at radius 2 is 1.42 bits per heavy atom. The lowest BCUT2D eigenvalue weighted by Gasteiger charge is -2.29. The number of hydrogen-bond donors (Lipinski definition) is 0. The van der Waals surface area contributed by atoms with Gasteiger partial charge in [-0.25, -0.2) is 13.2 Å². The molecule has 2 aromatic carbocycles. The van der Waals surface area contributed by atoms with Gasteiger partial charge >= 0.3 is 12.5 Å². The molecule has 0 radical (unpaired) electrons. The van der Waals surface area contributed by atoms with Crippen LogP contribution in [0.25, 0.3) is 0 Å². The Morgan fingerprint density at radius 3 is 1.94 bits per heavy atom. The quantitative estimate of drug-likeness (QED) is 0.370. The zero-order chi connectivity index (χ0) is 24.4. The van der Waals surface area contributed by atoms with E-state index < -0.39 is 47.0 Å². The lowest BCUT2D eigenvalue weighted by atomic mass is 9.77. The van der Waals surface area contributed by atoms with Crippen LogP contribution in [0, 0.1) is 23.4 Å². The highest BCUT2D eigenvalue weighted by Gasteiger charge is 2.39. The summed E-state index contributed by atoms with van der Waals surface area (Å²) in [6.45, 7) is 2.11. The average molecular weight is 482 g/mol. The van der Waals surface area contributed by atoms with E-state index in [1.165, 1.54) is 6.07 Å². The van der Waals surface area contributed by atoms with Crippen LogP contribution >= 0.6 is 0 Å². The maximum absolute atomic E-state index is 14.6. The van der Waals surface area contributed by atoms with Crippen LogP contribution in [-0.4, -0.2) is 6.36 Å². The highest BCUT2D eigenvalue weighted by atomic mass is 19.4. The van der Waals surface area contributed by atoms with Crippen molar-refractivity contribution in [3.05, 3.63) is 58.9 Å². The van der Waals surface area contributed by atoms with Gasteiger partial charge in [0, 0.05) is 12.1 Å². The molecule has 33 heavy (non-hydrogen) atoms. The van der Waals surface area contributed by atoms with Crippen LogP contribution in [0.5, 0.6) is 11.5 Å². The van der Waals surface area contributed by atoms with Gasteiger partial charge in [-0.3, -0.25) is 0 Å². The van der Waals surface area contributed by atoms with Gasteiger partial charge < -0.3 is 9.47 Å². The van der Waals surface area contributed by atoms with Crippen molar-refractivity contribution in [3.8, 4) is 11.5 Å². The van der Waals surface area contributed by atoms with Gasteiger partial charge in [0.25, 0.3) is 0 Å². The van der Waals surface area contributed by atoms with Crippen molar-refractivity contribution in [3.63, 3.8) is 0 Å². The molecule has 0 heterocycles. The SMILES string of the molecule is CCCC1CCC(c2ccc(C(F)(F)Oc3cc(F)c(OC(F)(F)F)c(F)c3)c(F)c2)CC1. The first-order valence-corrected chi connectivity index (χ1v) is 10.5. The number of rotatable bonds is 7. The van der Waals surface area contributed by atoms with Gasteiger partial charge in [-0.05, 0) is 55.2 Å². The summed E-state index contributed by atoms with van der Waals surface area (Å²) in [5.41, 5.74) is -0.588. The lowest BCUT2D eigenvalue weighted by Crippen LogP contribution is -2.24. The molecule has 1 saturated carbocycles. The van der Waals surface area contributed by atoms with Gasteiger partial charge in [0.05, 0.1) is 5.56 Å². The summed E-state index contributed by atoms with van der Waals surface area (Å²) in [5.74, 6) is -7.38. The zero-order valence-corrected chi connectivity index (χ0v) is 17.6. The molecule has 3 rings (SSSR count). The van der Waals surface area contributed by atoms with Crippen molar-refractivity contribution < 1.29 is 44.6 Å². The molecule has 2 nitrogen and oxygen atoms in total. The Bertz CT molecular complexity index is 942. The molecule has 0 N–H and O–H groups in total. The molecular weight excluding hydrogens is 460 g/mol. The van der Waals surface area contributed by atoms with Crippen LogP contribution in [0.1, 0.15) is 62.5 Å². The zero-order valence-electron chi connectivity index (χ0n) is 17.6. The summed E-state index contributed by atoms with van der Waals surface area (Å²) in [4.78, 5) is 0. The van der Waals surface area contributed by atoms with Crippen molar-refractivity contribution in [2.75, 3.05) is 0 Å². The van der Waals surface area contributed by atoms with Gasteiger partial charge in [-0.2, -0.15) is 8.78 Å². The minimum Gasteiger partial charge on any atom is -0.429 e. The molecule has 1 aliphatic rings. The van der Waals surface area contributed by atoms with Crippen molar-refractivity contribution >= 4 is 0 Å². The molecule has 1 fully saturated rings. The number of hydrogen-bond acceptors (Lipinski definition) is 2. The van der Waals surface area contributed by atoms with Crippen molar-refractivity contribution in [2.24, 2.45) is 5.92 Å².